The van der Waals surface area contributed by atoms with Crippen LogP contribution in [-0.2, 0) is 6.42 Å². The molecule has 0 heterocycles. The van der Waals surface area contributed by atoms with Crippen molar-refractivity contribution in [2.24, 2.45) is 17.3 Å². The minimum absolute atomic E-state index is 0.0381. The van der Waals surface area contributed by atoms with E-state index in [0.29, 0.717) is 23.3 Å². The van der Waals surface area contributed by atoms with E-state index < -0.39 is 0 Å². The van der Waals surface area contributed by atoms with Gasteiger partial charge >= 0.3 is 0 Å². The lowest BCUT2D eigenvalue weighted by Crippen LogP contribution is -2.44. The zero-order valence-electron chi connectivity index (χ0n) is 17.8. The highest BCUT2D eigenvalue weighted by atomic mass is 16.5. The quantitative estimate of drug-likeness (QED) is 0.728. The maximum atomic E-state index is 11.3. The van der Waals surface area contributed by atoms with E-state index in [0.717, 1.165) is 42.6 Å². The molecular formula is C27H29NO2. The number of nitrogens with zero attached hydrogens (tertiary/aromatic N) is 1. The van der Waals surface area contributed by atoms with E-state index in [1.54, 1.807) is 7.11 Å². The van der Waals surface area contributed by atoms with E-state index in [-0.39, 0.29) is 11.5 Å². The molecule has 5 atom stereocenters. The van der Waals surface area contributed by atoms with Gasteiger partial charge in [-0.3, -0.25) is 0 Å². The first-order chi connectivity index (χ1) is 14.5. The minimum Gasteiger partial charge on any atom is -0.497 e. The lowest BCUT2D eigenvalue weighted by atomic mass is 9.55. The number of aryl methyl sites for hydroxylation is 1. The summed E-state index contributed by atoms with van der Waals surface area (Å²) in [4.78, 5) is 0. The number of rotatable bonds is 2. The monoisotopic (exact) mass is 399 g/mol. The van der Waals surface area contributed by atoms with Crippen molar-refractivity contribution in [1.82, 2.24) is 0 Å². The van der Waals surface area contributed by atoms with E-state index in [2.05, 4.69) is 37.3 Å². The van der Waals surface area contributed by atoms with Crippen LogP contribution in [0.25, 0.3) is 6.08 Å². The van der Waals surface area contributed by atoms with Gasteiger partial charge in [-0.1, -0.05) is 31.2 Å². The molecule has 2 aromatic carbocycles. The number of fused-ring (bicyclic) bond motifs is 5. The van der Waals surface area contributed by atoms with Crippen molar-refractivity contribution in [1.29, 1.82) is 5.26 Å². The Morgan fingerprint density at radius 2 is 1.97 bits per heavy atom. The second kappa shape index (κ2) is 7.29. The summed E-state index contributed by atoms with van der Waals surface area (Å²) >= 11 is 0. The van der Waals surface area contributed by atoms with Gasteiger partial charge in [-0.25, -0.2) is 0 Å². The van der Waals surface area contributed by atoms with Crippen molar-refractivity contribution < 1.29 is 9.84 Å². The van der Waals surface area contributed by atoms with Gasteiger partial charge < -0.3 is 9.84 Å². The summed E-state index contributed by atoms with van der Waals surface area (Å²) in [6, 6.07) is 16.5. The summed E-state index contributed by atoms with van der Waals surface area (Å²) < 4.78 is 5.44. The zero-order valence-corrected chi connectivity index (χ0v) is 17.8. The fraction of sp³-hybridized carbons (Fsp3) is 0.444. The molecule has 1 N–H and O–H groups in total. The summed E-state index contributed by atoms with van der Waals surface area (Å²) in [5.74, 6) is 2.70. The Bertz CT molecular complexity index is 1030. The first kappa shape index (κ1) is 19.4. The second-order valence-electron chi connectivity index (χ2n) is 9.58. The third-order valence-electron chi connectivity index (χ3n) is 8.19. The number of methoxy groups -OCH3 is 1. The normalized spacial score (nSPS) is 33.3. The SMILES string of the molecule is COc1ccc2c(c1)CCC1C2CC[C@@]2(C)C1C/C(=C\c1ccc(C#N)cc1)[C@@H]2O. The smallest absolute Gasteiger partial charge is 0.119 e. The molecule has 3 nitrogen and oxygen atoms in total. The summed E-state index contributed by atoms with van der Waals surface area (Å²) in [5, 5.41) is 20.3. The van der Waals surface area contributed by atoms with E-state index in [9.17, 15) is 5.11 Å². The molecule has 2 fully saturated rings. The minimum atomic E-state index is -0.378. The molecule has 0 aliphatic heterocycles. The molecule has 2 saturated carbocycles. The molecule has 0 amide bonds. The lowest BCUT2D eigenvalue weighted by Gasteiger charge is -2.49. The van der Waals surface area contributed by atoms with Crippen LogP contribution in [0.5, 0.6) is 5.75 Å². The molecule has 2 aromatic rings. The van der Waals surface area contributed by atoms with Crippen molar-refractivity contribution in [2.45, 2.75) is 51.0 Å². The summed E-state index contributed by atoms with van der Waals surface area (Å²) in [6.07, 6.45) is 7.27. The van der Waals surface area contributed by atoms with Gasteiger partial charge in [-0.2, -0.15) is 5.26 Å². The molecule has 3 unspecified atom stereocenters. The van der Waals surface area contributed by atoms with Crippen LogP contribution in [0.1, 0.15) is 60.8 Å². The van der Waals surface area contributed by atoms with Gasteiger partial charge in [0.2, 0.25) is 0 Å². The third-order valence-corrected chi connectivity index (χ3v) is 8.19. The van der Waals surface area contributed by atoms with Gasteiger partial charge in [-0.05, 0) is 96.4 Å². The first-order valence-corrected chi connectivity index (χ1v) is 11.1. The molecule has 3 aliphatic carbocycles. The fourth-order valence-electron chi connectivity index (χ4n) is 6.55. The molecular weight excluding hydrogens is 370 g/mol. The van der Waals surface area contributed by atoms with Crippen molar-refractivity contribution in [3.05, 3.63) is 70.3 Å². The van der Waals surface area contributed by atoms with E-state index >= 15 is 0 Å². The Morgan fingerprint density at radius 3 is 2.70 bits per heavy atom. The van der Waals surface area contributed by atoms with E-state index in [4.69, 9.17) is 10.00 Å². The predicted molar refractivity (Wildman–Crippen MR) is 118 cm³/mol. The molecule has 30 heavy (non-hydrogen) atoms. The van der Waals surface area contributed by atoms with Crippen LogP contribution in [0, 0.1) is 28.6 Å². The van der Waals surface area contributed by atoms with Crippen molar-refractivity contribution in [3.63, 3.8) is 0 Å². The fourth-order valence-corrected chi connectivity index (χ4v) is 6.55. The predicted octanol–water partition coefficient (Wildman–Crippen LogP) is 5.48. The highest BCUT2D eigenvalue weighted by Crippen LogP contribution is 2.62. The highest BCUT2D eigenvalue weighted by molar-refractivity contribution is 5.57. The number of hydrogen-bond acceptors (Lipinski definition) is 3. The molecule has 0 radical (unpaired) electrons. The molecule has 0 spiro atoms. The average Bonchev–Trinajstić information content (AvgIpc) is 3.04. The number of nitriles is 1. The largest absolute Gasteiger partial charge is 0.497 e. The Kier molecular flexibility index (Phi) is 4.71. The van der Waals surface area contributed by atoms with E-state index in [1.807, 2.05) is 24.3 Å². The molecule has 3 aliphatic rings. The topological polar surface area (TPSA) is 53.2 Å². The van der Waals surface area contributed by atoms with Crippen LogP contribution in [0.3, 0.4) is 0 Å². The van der Waals surface area contributed by atoms with Crippen LogP contribution in [0.15, 0.2) is 48.0 Å². The first-order valence-electron chi connectivity index (χ1n) is 11.1. The molecule has 5 rings (SSSR count). The maximum Gasteiger partial charge on any atom is 0.119 e. The number of hydrogen-bond donors (Lipinski definition) is 1. The van der Waals surface area contributed by atoms with Crippen molar-refractivity contribution in [3.8, 4) is 11.8 Å². The number of aliphatic hydroxyl groups excluding tert-OH is 1. The average molecular weight is 400 g/mol. The highest BCUT2D eigenvalue weighted by Gasteiger charge is 2.56. The van der Waals surface area contributed by atoms with Gasteiger partial charge in [0.15, 0.2) is 0 Å². The van der Waals surface area contributed by atoms with Crippen molar-refractivity contribution in [2.75, 3.05) is 7.11 Å². The van der Waals surface area contributed by atoms with Crippen LogP contribution in [-0.4, -0.2) is 18.3 Å². The summed E-state index contributed by atoms with van der Waals surface area (Å²) in [7, 11) is 1.74. The van der Waals surface area contributed by atoms with Gasteiger partial charge in [0.05, 0.1) is 24.8 Å². The molecule has 0 aromatic heterocycles. The van der Waals surface area contributed by atoms with E-state index in [1.165, 1.54) is 17.5 Å². The van der Waals surface area contributed by atoms with Crippen molar-refractivity contribution >= 4 is 6.08 Å². The second-order valence-corrected chi connectivity index (χ2v) is 9.58. The third kappa shape index (κ3) is 2.97. The Hall–Kier alpha value is -2.57. The molecule has 0 bridgehead atoms. The zero-order chi connectivity index (χ0) is 20.9. The van der Waals surface area contributed by atoms with Gasteiger partial charge in [-0.15, -0.1) is 0 Å². The molecule has 154 valence electrons. The number of ether oxygens (including phenoxy) is 1. The lowest BCUT2D eigenvalue weighted by molar-refractivity contribution is -0.0158. The molecule has 0 saturated heterocycles. The Labute approximate surface area is 179 Å². The van der Waals surface area contributed by atoms with Crippen LogP contribution in [0.2, 0.25) is 0 Å². The summed E-state index contributed by atoms with van der Waals surface area (Å²) in [5.41, 5.74) is 5.82. The maximum absolute atomic E-state index is 11.3. The Morgan fingerprint density at radius 1 is 1.17 bits per heavy atom. The van der Waals surface area contributed by atoms with Crippen LogP contribution < -0.4 is 4.74 Å². The van der Waals surface area contributed by atoms with Gasteiger partial charge in [0, 0.05) is 5.41 Å². The van der Waals surface area contributed by atoms with Gasteiger partial charge in [0.25, 0.3) is 0 Å². The summed E-state index contributed by atoms with van der Waals surface area (Å²) in [6.45, 7) is 2.31. The number of aliphatic hydroxyl groups is 1. The number of benzene rings is 2. The van der Waals surface area contributed by atoms with Gasteiger partial charge in [0.1, 0.15) is 5.75 Å². The Balaban J connectivity index is 1.45. The van der Waals surface area contributed by atoms with Crippen LogP contribution >= 0.6 is 0 Å². The molecule has 3 heteroatoms. The standard InChI is InChI=1S/C27H29NO2/c1-27-12-11-23-22-10-8-21(30-2)14-19(22)7-9-24(23)25(27)15-20(26(27)29)13-17-3-5-18(16-28)6-4-17/h3-6,8,10,13-14,23-26,29H,7,9,11-12,15H2,1-2H3/b20-13+/t23?,24?,25?,26-,27-/m0/s1. The van der Waals surface area contributed by atoms with Crippen LogP contribution in [0.4, 0.5) is 0 Å².